The van der Waals surface area contributed by atoms with Crippen molar-refractivity contribution in [1.29, 1.82) is 0 Å². The molecule has 0 bridgehead atoms. The maximum atomic E-state index is 14.7. The van der Waals surface area contributed by atoms with Gasteiger partial charge in [0, 0.05) is 34.0 Å². The summed E-state index contributed by atoms with van der Waals surface area (Å²) in [6, 6.07) is 22.9. The maximum Gasteiger partial charge on any atom is 0.412 e. The van der Waals surface area contributed by atoms with Crippen LogP contribution in [0.3, 0.4) is 0 Å². The molecule has 0 aliphatic carbocycles. The van der Waals surface area contributed by atoms with Crippen LogP contribution in [0.1, 0.15) is 42.4 Å². The Kier molecular flexibility index (Phi) is 10.4. The van der Waals surface area contributed by atoms with Crippen LogP contribution in [0.25, 0.3) is 27.6 Å². The van der Waals surface area contributed by atoms with Gasteiger partial charge >= 0.3 is 12.1 Å². The molecular formula is C39H40N2O9. The molecule has 0 aliphatic rings. The minimum absolute atomic E-state index is 0.0675. The van der Waals surface area contributed by atoms with E-state index in [4.69, 9.17) is 28.4 Å². The standard InChI is InChI=1S/C39H40N2O9/c1-23-30(45-5)18-25(19-31(23)46-6)33-34-29(20-28(21-32(34)47-7)49-22-24-12-10-9-11-13-24)36(42)41(35(33)37(43)48-8)27-16-14-26(15-17-27)40-38(44)50-39(2,3)4/h9-21H,22H2,1-8H3,(H,40,44). The fraction of sp³-hybridized carbons (Fsp3) is 0.256. The number of carbonyl (C=O) groups is 2. The Labute approximate surface area is 290 Å². The van der Waals surface area contributed by atoms with Crippen molar-refractivity contribution >= 4 is 28.5 Å². The van der Waals surface area contributed by atoms with Gasteiger partial charge in [0.05, 0.1) is 33.8 Å². The van der Waals surface area contributed by atoms with E-state index in [-0.39, 0.29) is 17.7 Å². The van der Waals surface area contributed by atoms with Gasteiger partial charge in [-0.05, 0) is 81.3 Å². The van der Waals surface area contributed by atoms with Crippen LogP contribution in [-0.2, 0) is 16.1 Å². The third-order valence-electron chi connectivity index (χ3n) is 7.88. The topological polar surface area (TPSA) is 124 Å². The number of carbonyl (C=O) groups excluding carboxylic acids is 2. The number of nitrogens with zero attached hydrogens (tertiary/aromatic N) is 1. The van der Waals surface area contributed by atoms with E-state index in [0.717, 1.165) is 11.1 Å². The van der Waals surface area contributed by atoms with Crippen molar-refractivity contribution < 1.29 is 38.0 Å². The highest BCUT2D eigenvalue weighted by atomic mass is 16.6. The largest absolute Gasteiger partial charge is 0.496 e. The van der Waals surface area contributed by atoms with Crippen molar-refractivity contribution in [2.24, 2.45) is 0 Å². The number of aromatic nitrogens is 1. The number of benzene rings is 4. The van der Waals surface area contributed by atoms with Crippen LogP contribution < -0.4 is 29.8 Å². The Bertz CT molecular complexity index is 2070. The summed E-state index contributed by atoms with van der Waals surface area (Å²) in [7, 11) is 5.80. The van der Waals surface area contributed by atoms with E-state index in [2.05, 4.69) is 5.32 Å². The molecule has 0 saturated heterocycles. The number of fused-ring (bicyclic) bond motifs is 1. The lowest BCUT2D eigenvalue weighted by molar-refractivity contribution is 0.0589. The quantitative estimate of drug-likeness (QED) is 0.148. The molecule has 0 spiro atoms. The normalized spacial score (nSPS) is 11.1. The third-order valence-corrected chi connectivity index (χ3v) is 7.88. The lowest BCUT2D eigenvalue weighted by Gasteiger charge is -2.22. The van der Waals surface area contributed by atoms with Gasteiger partial charge in [0.25, 0.3) is 5.56 Å². The summed E-state index contributed by atoms with van der Waals surface area (Å²) < 4.78 is 35.4. The Hall–Kier alpha value is -5.97. The second-order valence-corrected chi connectivity index (χ2v) is 12.4. The lowest BCUT2D eigenvalue weighted by atomic mass is 9.94. The predicted octanol–water partition coefficient (Wildman–Crippen LogP) is 7.70. The molecule has 50 heavy (non-hydrogen) atoms. The number of anilines is 1. The number of pyridine rings is 1. The lowest BCUT2D eigenvalue weighted by Crippen LogP contribution is -2.28. The van der Waals surface area contributed by atoms with Crippen LogP contribution in [0.4, 0.5) is 10.5 Å². The molecule has 11 nitrogen and oxygen atoms in total. The van der Waals surface area contributed by atoms with E-state index >= 15 is 0 Å². The van der Waals surface area contributed by atoms with E-state index in [1.54, 1.807) is 69.3 Å². The first kappa shape index (κ1) is 35.3. The molecule has 0 aliphatic heterocycles. The molecule has 0 radical (unpaired) electrons. The van der Waals surface area contributed by atoms with Gasteiger partial charge < -0.3 is 28.4 Å². The molecule has 1 N–H and O–H groups in total. The average Bonchev–Trinajstić information content (AvgIpc) is 3.10. The molecular weight excluding hydrogens is 640 g/mol. The summed E-state index contributed by atoms with van der Waals surface area (Å²) in [6.45, 7) is 7.39. The van der Waals surface area contributed by atoms with Crippen LogP contribution in [-0.4, -0.2) is 50.7 Å². The third kappa shape index (κ3) is 7.36. The van der Waals surface area contributed by atoms with Gasteiger partial charge in [-0.15, -0.1) is 0 Å². The first-order chi connectivity index (χ1) is 23.9. The van der Waals surface area contributed by atoms with Gasteiger partial charge in [0.1, 0.15) is 40.9 Å². The number of amides is 1. The minimum Gasteiger partial charge on any atom is -0.496 e. The molecule has 5 aromatic rings. The highest BCUT2D eigenvalue weighted by molar-refractivity contribution is 6.10. The smallest absolute Gasteiger partial charge is 0.412 e. The summed E-state index contributed by atoms with van der Waals surface area (Å²) in [5.41, 5.74) is 1.97. The van der Waals surface area contributed by atoms with E-state index in [1.165, 1.54) is 33.0 Å². The maximum absolute atomic E-state index is 14.7. The van der Waals surface area contributed by atoms with Gasteiger partial charge in [-0.25, -0.2) is 9.59 Å². The SMILES string of the molecule is COC(=O)c1c(-c2cc(OC)c(C)c(OC)c2)c2c(OC)cc(OCc3ccccc3)cc2c(=O)n1-c1ccc(NC(=O)OC(C)(C)C)cc1. The summed E-state index contributed by atoms with van der Waals surface area (Å²) in [4.78, 5) is 41.0. The fourth-order valence-electron chi connectivity index (χ4n) is 5.62. The van der Waals surface area contributed by atoms with Crippen molar-refractivity contribution in [1.82, 2.24) is 4.57 Å². The van der Waals surface area contributed by atoms with Crippen LogP contribution >= 0.6 is 0 Å². The number of methoxy groups -OCH3 is 4. The van der Waals surface area contributed by atoms with Gasteiger partial charge in [0.2, 0.25) is 0 Å². The zero-order valence-electron chi connectivity index (χ0n) is 29.3. The summed E-state index contributed by atoms with van der Waals surface area (Å²) in [5.74, 6) is 0.903. The van der Waals surface area contributed by atoms with Crippen LogP contribution in [0, 0.1) is 6.92 Å². The predicted molar refractivity (Wildman–Crippen MR) is 191 cm³/mol. The monoisotopic (exact) mass is 680 g/mol. The molecule has 0 fully saturated rings. The average molecular weight is 681 g/mol. The molecule has 1 amide bonds. The molecule has 1 aromatic heterocycles. The van der Waals surface area contributed by atoms with Crippen molar-refractivity contribution in [3.63, 3.8) is 0 Å². The number of esters is 1. The second kappa shape index (κ2) is 14.7. The Morgan fingerprint density at radius 2 is 1.42 bits per heavy atom. The van der Waals surface area contributed by atoms with Crippen molar-refractivity contribution in [2.75, 3.05) is 33.8 Å². The number of hydrogen-bond donors (Lipinski definition) is 1. The summed E-state index contributed by atoms with van der Waals surface area (Å²) in [6.07, 6.45) is -0.636. The first-order valence-corrected chi connectivity index (χ1v) is 15.8. The Balaban J connectivity index is 1.82. The summed E-state index contributed by atoms with van der Waals surface area (Å²) >= 11 is 0. The molecule has 0 saturated carbocycles. The second-order valence-electron chi connectivity index (χ2n) is 12.4. The minimum atomic E-state index is -0.778. The van der Waals surface area contributed by atoms with E-state index in [9.17, 15) is 14.4 Å². The van der Waals surface area contributed by atoms with Crippen LogP contribution in [0.2, 0.25) is 0 Å². The molecule has 5 rings (SSSR count). The number of ether oxygens (including phenoxy) is 6. The molecule has 4 aromatic carbocycles. The highest BCUT2D eigenvalue weighted by Crippen LogP contribution is 2.43. The Morgan fingerprint density at radius 3 is 1.98 bits per heavy atom. The zero-order chi connectivity index (χ0) is 36.2. The molecule has 1 heterocycles. The van der Waals surface area contributed by atoms with Gasteiger partial charge in [-0.3, -0.25) is 14.7 Å². The van der Waals surface area contributed by atoms with Crippen LogP contribution in [0.15, 0.2) is 83.7 Å². The van der Waals surface area contributed by atoms with Gasteiger partial charge in [-0.2, -0.15) is 0 Å². The van der Waals surface area contributed by atoms with E-state index in [1.807, 2.05) is 37.3 Å². The first-order valence-electron chi connectivity index (χ1n) is 15.8. The number of nitrogens with one attached hydrogen (secondary N) is 1. The van der Waals surface area contributed by atoms with Gasteiger partial charge in [0.15, 0.2) is 0 Å². The number of hydrogen-bond acceptors (Lipinski definition) is 9. The zero-order valence-corrected chi connectivity index (χ0v) is 29.3. The van der Waals surface area contributed by atoms with E-state index in [0.29, 0.717) is 50.9 Å². The van der Waals surface area contributed by atoms with Crippen molar-refractivity contribution in [3.05, 3.63) is 106 Å². The summed E-state index contributed by atoms with van der Waals surface area (Å²) in [5, 5.41) is 3.26. The highest BCUT2D eigenvalue weighted by Gasteiger charge is 2.29. The van der Waals surface area contributed by atoms with Crippen molar-refractivity contribution in [3.8, 4) is 39.8 Å². The fourth-order valence-corrected chi connectivity index (χ4v) is 5.62. The van der Waals surface area contributed by atoms with Crippen molar-refractivity contribution in [2.45, 2.75) is 39.9 Å². The molecule has 11 heteroatoms. The number of rotatable bonds is 10. The molecule has 0 unspecified atom stereocenters. The molecule has 260 valence electrons. The molecule has 0 atom stereocenters. The van der Waals surface area contributed by atoms with Crippen LogP contribution in [0.5, 0.6) is 23.0 Å². The van der Waals surface area contributed by atoms with E-state index < -0.39 is 23.2 Å². The Morgan fingerprint density at radius 1 is 0.800 bits per heavy atom. The van der Waals surface area contributed by atoms with Gasteiger partial charge in [-0.1, -0.05) is 30.3 Å².